The summed E-state index contributed by atoms with van der Waals surface area (Å²) in [6.45, 7) is 2.06. The van der Waals surface area contributed by atoms with E-state index < -0.39 is 15.9 Å². The number of ether oxygens (including phenoxy) is 2. The SMILES string of the molecule is Cc1ccc(S(=O)(=O)Nc2ccccc2C(=O)N=c2sc3cc4c(cc3n2C)OCO4)cc1. The van der Waals surface area contributed by atoms with E-state index in [4.69, 9.17) is 9.47 Å². The van der Waals surface area contributed by atoms with Crippen molar-refractivity contribution in [3.63, 3.8) is 0 Å². The number of aryl methyl sites for hydroxylation is 2. The zero-order valence-electron chi connectivity index (χ0n) is 17.7. The number of sulfonamides is 1. The fourth-order valence-electron chi connectivity index (χ4n) is 3.45. The Morgan fingerprint density at radius 3 is 2.52 bits per heavy atom. The smallest absolute Gasteiger partial charge is 0.281 e. The first-order chi connectivity index (χ1) is 15.8. The quantitative estimate of drug-likeness (QED) is 0.478. The number of benzene rings is 3. The highest BCUT2D eigenvalue weighted by atomic mass is 32.2. The molecule has 168 valence electrons. The first kappa shape index (κ1) is 21.2. The van der Waals surface area contributed by atoms with E-state index in [2.05, 4.69) is 9.71 Å². The highest BCUT2D eigenvalue weighted by Gasteiger charge is 2.20. The summed E-state index contributed by atoms with van der Waals surface area (Å²) in [5.41, 5.74) is 2.11. The lowest BCUT2D eigenvalue weighted by atomic mass is 10.2. The molecular weight excluding hydrogens is 462 g/mol. The van der Waals surface area contributed by atoms with Crippen LogP contribution in [0, 0.1) is 6.92 Å². The number of carbonyl (C=O) groups is 1. The summed E-state index contributed by atoms with van der Waals surface area (Å²) >= 11 is 1.33. The van der Waals surface area contributed by atoms with Crippen LogP contribution in [0.25, 0.3) is 10.2 Å². The number of carbonyl (C=O) groups excluding carboxylic acids is 1. The van der Waals surface area contributed by atoms with Crippen LogP contribution in [0.2, 0.25) is 0 Å². The maximum Gasteiger partial charge on any atom is 0.281 e. The first-order valence-electron chi connectivity index (χ1n) is 9.98. The van der Waals surface area contributed by atoms with Crippen molar-refractivity contribution in [3.8, 4) is 11.5 Å². The van der Waals surface area contributed by atoms with Crippen LogP contribution in [0.1, 0.15) is 15.9 Å². The summed E-state index contributed by atoms with van der Waals surface area (Å²) in [6.07, 6.45) is 0. The number of nitrogens with one attached hydrogen (secondary N) is 1. The molecule has 0 aliphatic carbocycles. The maximum absolute atomic E-state index is 13.1. The van der Waals surface area contributed by atoms with Gasteiger partial charge in [-0.05, 0) is 31.2 Å². The Bertz CT molecular complexity index is 1570. The fourth-order valence-corrected chi connectivity index (χ4v) is 5.56. The highest BCUT2D eigenvalue weighted by Crippen LogP contribution is 2.36. The average molecular weight is 482 g/mol. The molecule has 10 heteroatoms. The molecule has 0 atom stereocenters. The molecule has 0 spiro atoms. The molecule has 1 aliphatic rings. The van der Waals surface area contributed by atoms with Crippen molar-refractivity contribution in [2.45, 2.75) is 11.8 Å². The van der Waals surface area contributed by atoms with Crippen LogP contribution >= 0.6 is 11.3 Å². The predicted molar refractivity (Wildman–Crippen MR) is 125 cm³/mol. The third-order valence-electron chi connectivity index (χ3n) is 5.23. The fraction of sp³-hybridized carbons (Fsp3) is 0.130. The lowest BCUT2D eigenvalue weighted by Crippen LogP contribution is -2.17. The van der Waals surface area contributed by atoms with Crippen LogP contribution in [0.3, 0.4) is 0 Å². The van der Waals surface area contributed by atoms with Gasteiger partial charge in [-0.15, -0.1) is 0 Å². The number of thiazole rings is 1. The van der Waals surface area contributed by atoms with Crippen LogP contribution in [0.5, 0.6) is 11.5 Å². The van der Waals surface area contributed by atoms with E-state index in [0.717, 1.165) is 15.8 Å². The van der Waals surface area contributed by atoms with Crippen molar-refractivity contribution in [2.24, 2.45) is 12.0 Å². The molecule has 0 radical (unpaired) electrons. The van der Waals surface area contributed by atoms with E-state index in [-0.39, 0.29) is 22.9 Å². The summed E-state index contributed by atoms with van der Waals surface area (Å²) < 4.78 is 41.7. The normalized spacial score (nSPS) is 13.5. The Kier molecular flexibility index (Phi) is 5.18. The Morgan fingerprint density at radius 1 is 1.06 bits per heavy atom. The standard InChI is InChI=1S/C23H19N3O5S2/c1-14-7-9-15(10-8-14)33(28,29)25-17-6-4-3-5-16(17)22(27)24-23-26(2)18-11-19-20(31-13-30-19)12-21(18)32-23/h3-12,25H,13H2,1-2H3. The van der Waals surface area contributed by atoms with Gasteiger partial charge in [0.1, 0.15) is 0 Å². The van der Waals surface area contributed by atoms with Gasteiger partial charge in [-0.3, -0.25) is 9.52 Å². The minimum atomic E-state index is -3.87. The number of para-hydroxylation sites is 1. The number of fused-ring (bicyclic) bond motifs is 2. The molecule has 33 heavy (non-hydrogen) atoms. The molecule has 1 N–H and O–H groups in total. The van der Waals surface area contributed by atoms with Gasteiger partial charge in [0.25, 0.3) is 15.9 Å². The maximum atomic E-state index is 13.1. The van der Waals surface area contributed by atoms with Crippen LogP contribution in [0.4, 0.5) is 5.69 Å². The van der Waals surface area contributed by atoms with Gasteiger partial charge in [-0.2, -0.15) is 4.99 Å². The van der Waals surface area contributed by atoms with Gasteiger partial charge in [-0.1, -0.05) is 41.2 Å². The van der Waals surface area contributed by atoms with E-state index in [1.165, 1.54) is 23.5 Å². The van der Waals surface area contributed by atoms with Gasteiger partial charge in [0.2, 0.25) is 6.79 Å². The number of nitrogens with zero attached hydrogens (tertiary/aromatic N) is 2. The molecule has 0 unspecified atom stereocenters. The summed E-state index contributed by atoms with van der Waals surface area (Å²) in [4.78, 5) is 17.9. The molecule has 8 nitrogen and oxygen atoms in total. The molecule has 1 amide bonds. The second-order valence-corrected chi connectivity index (χ2v) is 10.2. The number of amides is 1. The van der Waals surface area contributed by atoms with Crippen molar-refractivity contribution in [2.75, 3.05) is 11.5 Å². The molecule has 5 rings (SSSR count). The molecule has 4 aromatic rings. The summed E-state index contributed by atoms with van der Waals surface area (Å²) in [7, 11) is -2.06. The predicted octanol–water partition coefficient (Wildman–Crippen LogP) is 3.82. The molecular formula is C23H19N3O5S2. The van der Waals surface area contributed by atoms with Crippen molar-refractivity contribution >= 4 is 43.2 Å². The van der Waals surface area contributed by atoms with E-state index in [0.29, 0.717) is 16.3 Å². The van der Waals surface area contributed by atoms with E-state index >= 15 is 0 Å². The number of anilines is 1. The van der Waals surface area contributed by atoms with Gasteiger partial charge in [0.15, 0.2) is 16.3 Å². The van der Waals surface area contributed by atoms with Crippen LogP contribution in [-0.2, 0) is 17.1 Å². The molecule has 0 fully saturated rings. The summed E-state index contributed by atoms with van der Waals surface area (Å²) in [5.74, 6) is 0.738. The topological polar surface area (TPSA) is 99.0 Å². The van der Waals surface area contributed by atoms with E-state index in [9.17, 15) is 13.2 Å². The molecule has 1 aliphatic heterocycles. The molecule has 0 saturated carbocycles. The summed E-state index contributed by atoms with van der Waals surface area (Å²) in [5, 5.41) is 0. The van der Waals surface area contributed by atoms with Gasteiger partial charge in [0, 0.05) is 19.2 Å². The Balaban J connectivity index is 1.51. The Labute approximate surface area is 193 Å². The zero-order valence-corrected chi connectivity index (χ0v) is 19.4. The number of hydrogen-bond donors (Lipinski definition) is 1. The molecule has 0 saturated heterocycles. The minimum absolute atomic E-state index is 0.112. The minimum Gasteiger partial charge on any atom is -0.454 e. The van der Waals surface area contributed by atoms with Gasteiger partial charge < -0.3 is 14.0 Å². The third-order valence-corrected chi connectivity index (χ3v) is 7.71. The molecule has 2 heterocycles. The first-order valence-corrected chi connectivity index (χ1v) is 12.3. The van der Waals surface area contributed by atoms with E-state index in [1.807, 2.05) is 19.1 Å². The molecule has 3 aromatic carbocycles. The number of aromatic nitrogens is 1. The van der Waals surface area contributed by atoms with Gasteiger partial charge in [-0.25, -0.2) is 8.42 Å². The van der Waals surface area contributed by atoms with Crippen molar-refractivity contribution in [1.82, 2.24) is 4.57 Å². The van der Waals surface area contributed by atoms with Crippen molar-refractivity contribution in [1.29, 1.82) is 0 Å². The monoisotopic (exact) mass is 481 g/mol. The number of hydrogen-bond acceptors (Lipinski definition) is 6. The second-order valence-electron chi connectivity index (χ2n) is 7.50. The largest absolute Gasteiger partial charge is 0.454 e. The molecule has 0 bridgehead atoms. The molecule has 1 aromatic heterocycles. The zero-order chi connectivity index (χ0) is 23.2. The van der Waals surface area contributed by atoms with Crippen LogP contribution < -0.4 is 19.0 Å². The Morgan fingerprint density at radius 2 is 1.76 bits per heavy atom. The lowest BCUT2D eigenvalue weighted by Gasteiger charge is -2.11. The van der Waals surface area contributed by atoms with E-state index in [1.54, 1.807) is 48.0 Å². The average Bonchev–Trinajstić information content (AvgIpc) is 3.36. The van der Waals surface area contributed by atoms with Gasteiger partial charge >= 0.3 is 0 Å². The van der Waals surface area contributed by atoms with Crippen LogP contribution in [-0.4, -0.2) is 25.7 Å². The summed E-state index contributed by atoms with van der Waals surface area (Å²) in [6, 6.07) is 16.6. The Hall–Kier alpha value is -3.63. The van der Waals surface area contributed by atoms with Crippen molar-refractivity contribution < 1.29 is 22.7 Å². The highest BCUT2D eigenvalue weighted by molar-refractivity contribution is 7.92. The lowest BCUT2D eigenvalue weighted by molar-refractivity contribution is 0.0998. The second kappa shape index (κ2) is 8.05. The van der Waals surface area contributed by atoms with Crippen LogP contribution in [0.15, 0.2) is 70.6 Å². The third kappa shape index (κ3) is 3.98. The van der Waals surface area contributed by atoms with Gasteiger partial charge in [0.05, 0.1) is 26.4 Å². The van der Waals surface area contributed by atoms with Crippen molar-refractivity contribution in [3.05, 3.63) is 76.6 Å². The number of rotatable bonds is 4.